The van der Waals surface area contributed by atoms with Crippen LogP contribution in [0.1, 0.15) is 85.9 Å². The van der Waals surface area contributed by atoms with Gasteiger partial charge in [-0.2, -0.15) is 0 Å². The minimum atomic E-state index is -0.0770. The molecule has 0 radical (unpaired) electrons. The van der Waals surface area contributed by atoms with Gasteiger partial charge in [0.1, 0.15) is 0 Å². The number of pyridine rings is 1. The van der Waals surface area contributed by atoms with Crippen molar-refractivity contribution in [1.82, 2.24) is 14.9 Å². The lowest BCUT2D eigenvalue weighted by atomic mass is 9.96. The normalized spacial score (nSPS) is 20.1. The van der Waals surface area contributed by atoms with Crippen LogP contribution in [0.25, 0.3) is 0 Å². The van der Waals surface area contributed by atoms with Crippen molar-refractivity contribution in [3.63, 3.8) is 0 Å². The molecule has 194 valence electrons. The van der Waals surface area contributed by atoms with Crippen molar-refractivity contribution in [3.05, 3.63) is 76.9 Å². The Balaban J connectivity index is 1.58. The van der Waals surface area contributed by atoms with E-state index in [0.717, 1.165) is 22.6 Å². The highest BCUT2D eigenvalue weighted by molar-refractivity contribution is 7.80. The number of thiocarbonyl (C=S) groups is 1. The van der Waals surface area contributed by atoms with Gasteiger partial charge in [-0.25, -0.2) is 0 Å². The third kappa shape index (κ3) is 4.77. The Morgan fingerprint density at radius 1 is 1.11 bits per heavy atom. The lowest BCUT2D eigenvalue weighted by Gasteiger charge is -2.29. The molecule has 1 aromatic carbocycles. The quantitative estimate of drug-likeness (QED) is 0.358. The van der Waals surface area contributed by atoms with Crippen molar-refractivity contribution >= 4 is 34.6 Å². The number of anilines is 2. The zero-order valence-corrected chi connectivity index (χ0v) is 23.2. The number of benzene rings is 1. The van der Waals surface area contributed by atoms with E-state index in [4.69, 9.17) is 17.2 Å². The van der Waals surface area contributed by atoms with Crippen LogP contribution in [-0.2, 0) is 4.79 Å². The molecule has 2 fully saturated rings. The second kappa shape index (κ2) is 10.3. The number of nitrogens with one attached hydrogen (secondary N) is 2. The van der Waals surface area contributed by atoms with Crippen LogP contribution in [0.15, 0.2) is 48.7 Å². The van der Waals surface area contributed by atoms with E-state index in [2.05, 4.69) is 58.2 Å². The zero-order valence-electron chi connectivity index (χ0n) is 22.4. The Hall–Kier alpha value is -3.19. The Labute approximate surface area is 225 Å². The molecule has 5 rings (SSSR count). The number of amides is 1. The van der Waals surface area contributed by atoms with Gasteiger partial charge >= 0.3 is 0 Å². The van der Waals surface area contributed by atoms with Gasteiger partial charge in [-0.05, 0) is 93.4 Å². The summed E-state index contributed by atoms with van der Waals surface area (Å²) in [4.78, 5) is 19.3. The van der Waals surface area contributed by atoms with Crippen molar-refractivity contribution in [2.75, 3.05) is 10.2 Å². The van der Waals surface area contributed by atoms with Crippen LogP contribution < -0.4 is 15.5 Å². The number of hydrogen-bond acceptors (Lipinski definition) is 3. The van der Waals surface area contributed by atoms with Crippen LogP contribution in [0.5, 0.6) is 0 Å². The van der Waals surface area contributed by atoms with Gasteiger partial charge in [0.05, 0.1) is 17.8 Å². The molecule has 2 N–H and O–H groups in total. The average molecular weight is 516 g/mol. The maximum absolute atomic E-state index is 12.3. The first-order valence-electron chi connectivity index (χ1n) is 13.4. The molecule has 1 amide bonds. The molecular weight excluding hydrogens is 478 g/mol. The van der Waals surface area contributed by atoms with E-state index in [0.29, 0.717) is 11.2 Å². The van der Waals surface area contributed by atoms with Crippen LogP contribution in [0.2, 0.25) is 0 Å². The Bertz CT molecular complexity index is 1310. The van der Waals surface area contributed by atoms with Gasteiger partial charge in [-0.1, -0.05) is 32.8 Å². The zero-order chi connectivity index (χ0) is 26.3. The number of nitrogens with zero attached hydrogens (tertiary/aromatic N) is 3. The summed E-state index contributed by atoms with van der Waals surface area (Å²) in [6.45, 7) is 10.3. The van der Waals surface area contributed by atoms with Crippen molar-refractivity contribution < 1.29 is 4.79 Å². The summed E-state index contributed by atoms with van der Waals surface area (Å²) in [6.07, 6.45) is 6.93. The number of rotatable bonds is 6. The molecule has 37 heavy (non-hydrogen) atoms. The number of hydrogen-bond donors (Lipinski definition) is 2. The van der Waals surface area contributed by atoms with Gasteiger partial charge in [-0.3, -0.25) is 9.78 Å². The maximum Gasteiger partial charge on any atom is 0.226 e. The fourth-order valence-electron chi connectivity index (χ4n) is 5.99. The van der Waals surface area contributed by atoms with Crippen LogP contribution in [0, 0.1) is 26.7 Å². The Morgan fingerprint density at radius 2 is 1.86 bits per heavy atom. The molecule has 1 aliphatic carbocycles. The third-order valence-corrected chi connectivity index (χ3v) is 8.22. The first-order chi connectivity index (χ1) is 17.8. The average Bonchev–Trinajstić information content (AvgIpc) is 3.58. The van der Waals surface area contributed by atoms with Gasteiger partial charge in [0.2, 0.25) is 5.91 Å². The molecule has 1 saturated carbocycles. The Morgan fingerprint density at radius 3 is 2.51 bits per heavy atom. The molecule has 1 saturated heterocycles. The largest absolute Gasteiger partial charge is 0.351 e. The smallest absolute Gasteiger partial charge is 0.226 e. The highest BCUT2D eigenvalue weighted by Crippen LogP contribution is 2.45. The molecular formula is C30H37N5OS. The van der Waals surface area contributed by atoms with E-state index < -0.39 is 0 Å². The summed E-state index contributed by atoms with van der Waals surface area (Å²) < 4.78 is 2.55. The lowest BCUT2D eigenvalue weighted by molar-refractivity contribution is -0.118. The van der Waals surface area contributed by atoms with Crippen molar-refractivity contribution in [3.8, 4) is 0 Å². The van der Waals surface area contributed by atoms with E-state index in [9.17, 15) is 4.79 Å². The summed E-state index contributed by atoms with van der Waals surface area (Å²) >= 11 is 5.96. The molecule has 7 heteroatoms. The number of carbonyl (C=O) groups excluding carboxylic acids is 1. The summed E-state index contributed by atoms with van der Waals surface area (Å²) in [5.41, 5.74) is 7.71. The first-order valence-corrected chi connectivity index (χ1v) is 13.8. The predicted molar refractivity (Wildman–Crippen MR) is 154 cm³/mol. The molecule has 0 bridgehead atoms. The van der Waals surface area contributed by atoms with Crippen molar-refractivity contribution in [2.45, 2.75) is 78.4 Å². The topological polar surface area (TPSA) is 62.2 Å². The monoisotopic (exact) mass is 515 g/mol. The van der Waals surface area contributed by atoms with Crippen LogP contribution in [0.3, 0.4) is 0 Å². The number of aryl methyl sites for hydroxylation is 2. The predicted octanol–water partition coefficient (Wildman–Crippen LogP) is 6.70. The summed E-state index contributed by atoms with van der Waals surface area (Å²) in [5.74, 6) is -0.0604. The SMILES string of the molecule is Cc1cc(N2C(=S)N[C@H](c3ccccn3)[C@H]2c2cc(C)n(C3CCCC3)c2C)ccc1NC(=O)C(C)C. The standard InChI is InChI=1S/C30H37N5OS/c1-18(2)29(36)32-25-14-13-23(16-19(25)3)35-28(27(33-30(35)37)26-12-8-9-15-31-26)24-17-20(4)34(21(24)5)22-10-6-7-11-22/h8-9,12-18,22,27-28H,6-7,10-11H2,1-5H3,(H,32,36)(H,33,37)/t27-,28-/m1/s1. The van der Waals surface area contributed by atoms with Gasteiger partial charge in [-0.15, -0.1) is 0 Å². The highest BCUT2D eigenvalue weighted by Gasteiger charge is 2.42. The minimum Gasteiger partial charge on any atom is -0.351 e. The van der Waals surface area contributed by atoms with Crippen LogP contribution in [-0.4, -0.2) is 20.6 Å². The summed E-state index contributed by atoms with van der Waals surface area (Å²) in [7, 11) is 0. The summed E-state index contributed by atoms with van der Waals surface area (Å²) in [5, 5.41) is 7.32. The molecule has 3 aromatic rings. The second-order valence-electron chi connectivity index (χ2n) is 10.8. The molecule has 3 heterocycles. The number of carbonyl (C=O) groups is 1. The van der Waals surface area contributed by atoms with Crippen LogP contribution in [0.4, 0.5) is 11.4 Å². The van der Waals surface area contributed by atoms with E-state index in [1.165, 1.54) is 42.6 Å². The Kier molecular flexibility index (Phi) is 7.08. The van der Waals surface area contributed by atoms with Gasteiger partial charge < -0.3 is 20.1 Å². The molecule has 0 unspecified atom stereocenters. The molecule has 0 spiro atoms. The van der Waals surface area contributed by atoms with E-state index in [1.807, 2.05) is 45.2 Å². The molecule has 6 nitrogen and oxygen atoms in total. The fourth-order valence-corrected chi connectivity index (χ4v) is 6.34. The summed E-state index contributed by atoms with van der Waals surface area (Å²) in [6, 6.07) is 15.0. The minimum absolute atomic E-state index is 0.0154. The van der Waals surface area contributed by atoms with E-state index >= 15 is 0 Å². The lowest BCUT2D eigenvalue weighted by Crippen LogP contribution is -2.29. The van der Waals surface area contributed by atoms with E-state index in [1.54, 1.807) is 0 Å². The maximum atomic E-state index is 12.3. The molecule has 2 aliphatic rings. The molecule has 1 aliphatic heterocycles. The fraction of sp³-hybridized carbons (Fsp3) is 0.433. The third-order valence-electron chi connectivity index (χ3n) is 7.90. The second-order valence-corrected chi connectivity index (χ2v) is 11.2. The van der Waals surface area contributed by atoms with Gasteiger partial charge in [0.15, 0.2) is 5.11 Å². The van der Waals surface area contributed by atoms with Gasteiger partial charge in [0, 0.05) is 40.9 Å². The van der Waals surface area contributed by atoms with Crippen molar-refractivity contribution in [2.24, 2.45) is 5.92 Å². The van der Waals surface area contributed by atoms with E-state index in [-0.39, 0.29) is 23.9 Å². The number of aromatic nitrogens is 2. The van der Waals surface area contributed by atoms with Gasteiger partial charge in [0.25, 0.3) is 0 Å². The molecule has 2 atom stereocenters. The van der Waals surface area contributed by atoms with Crippen molar-refractivity contribution in [1.29, 1.82) is 0 Å². The first kappa shape index (κ1) is 25.5. The highest BCUT2D eigenvalue weighted by atomic mass is 32.1. The van der Waals surface area contributed by atoms with Crippen LogP contribution >= 0.6 is 12.2 Å². The molecule has 2 aromatic heterocycles.